The van der Waals surface area contributed by atoms with Crippen molar-refractivity contribution < 1.29 is 14.3 Å². The van der Waals surface area contributed by atoms with Crippen molar-refractivity contribution >= 4 is 28.7 Å². The molecule has 1 heterocycles. The van der Waals surface area contributed by atoms with Crippen LogP contribution in [0.1, 0.15) is 0 Å². The summed E-state index contributed by atoms with van der Waals surface area (Å²) in [6.07, 6.45) is 2.33. The Bertz CT molecular complexity index is 131. The van der Waals surface area contributed by atoms with Crippen LogP contribution < -0.4 is 0 Å². The predicted octanol–water partition coefficient (Wildman–Crippen LogP) is 1.43. The molecule has 0 fully saturated rings. The van der Waals surface area contributed by atoms with E-state index >= 15 is 0 Å². The molecule has 4 heteroatoms. The van der Waals surface area contributed by atoms with Gasteiger partial charge in [-0.2, -0.15) is 0 Å². The van der Waals surface area contributed by atoms with Crippen LogP contribution >= 0.6 is 22.6 Å². The van der Waals surface area contributed by atoms with Gasteiger partial charge in [-0.3, -0.25) is 0 Å². The van der Waals surface area contributed by atoms with Crippen molar-refractivity contribution in [2.75, 3.05) is 0 Å². The first kappa shape index (κ1) is 5.87. The van der Waals surface area contributed by atoms with E-state index in [1.54, 1.807) is 6.08 Å². The topological polar surface area (TPSA) is 35.5 Å². The summed E-state index contributed by atoms with van der Waals surface area (Å²) < 4.78 is 8.65. The zero-order chi connectivity index (χ0) is 5.98. The highest BCUT2D eigenvalue weighted by Crippen LogP contribution is 2.10. The van der Waals surface area contributed by atoms with Crippen molar-refractivity contribution in [2.24, 2.45) is 0 Å². The lowest BCUT2D eigenvalue weighted by molar-refractivity contribution is 0.0786. The fourth-order valence-corrected chi connectivity index (χ4v) is 0.693. The van der Waals surface area contributed by atoms with Crippen LogP contribution in [0.25, 0.3) is 0 Å². The smallest absolute Gasteiger partial charge is 0.416 e. The van der Waals surface area contributed by atoms with Crippen molar-refractivity contribution in [1.29, 1.82) is 0 Å². The number of alkyl halides is 1. The summed E-state index contributed by atoms with van der Waals surface area (Å²) >= 11 is 1.96. The van der Waals surface area contributed by atoms with Crippen LogP contribution in [0.3, 0.4) is 0 Å². The number of cyclic esters (lactones) is 2. The van der Waals surface area contributed by atoms with Gasteiger partial charge in [-0.15, -0.1) is 0 Å². The minimum absolute atomic E-state index is 0.172. The quantitative estimate of drug-likeness (QED) is 0.356. The summed E-state index contributed by atoms with van der Waals surface area (Å²) in [5.74, 6) is 0. The third-order valence-electron chi connectivity index (χ3n) is 0.603. The largest absolute Gasteiger partial charge is 0.514 e. The summed E-state index contributed by atoms with van der Waals surface area (Å²) in [6, 6.07) is 0. The molecule has 1 unspecified atom stereocenters. The van der Waals surface area contributed by atoms with Crippen LogP contribution in [0.15, 0.2) is 12.3 Å². The van der Waals surface area contributed by atoms with Gasteiger partial charge >= 0.3 is 6.16 Å². The highest BCUT2D eigenvalue weighted by molar-refractivity contribution is 14.1. The Morgan fingerprint density at radius 3 is 2.88 bits per heavy atom. The van der Waals surface area contributed by atoms with Gasteiger partial charge in [-0.05, 0) is 22.6 Å². The fourth-order valence-electron chi connectivity index (χ4n) is 0.316. The summed E-state index contributed by atoms with van der Waals surface area (Å²) in [4.78, 5) is 10.2. The average Bonchev–Trinajstić information content (AvgIpc) is 1.64. The van der Waals surface area contributed by atoms with E-state index in [9.17, 15) is 4.79 Å². The number of halogens is 1. The van der Waals surface area contributed by atoms with Gasteiger partial charge in [-0.1, -0.05) is 0 Å². The maximum Gasteiger partial charge on any atom is 0.514 e. The molecule has 3 nitrogen and oxygen atoms in total. The van der Waals surface area contributed by atoms with Gasteiger partial charge in [0.15, 0.2) is 4.11 Å². The number of hydrogen-bond donors (Lipinski definition) is 0. The molecule has 44 valence electrons. The second-order valence-electron chi connectivity index (χ2n) is 1.17. The number of hydrogen-bond acceptors (Lipinski definition) is 3. The molecule has 0 N–H and O–H groups in total. The molecule has 0 aromatic rings. The first-order chi connectivity index (χ1) is 3.79. The molecule has 0 aromatic heterocycles. The maximum atomic E-state index is 10.2. The van der Waals surface area contributed by atoms with E-state index in [0.717, 1.165) is 0 Å². The van der Waals surface area contributed by atoms with Gasteiger partial charge in [0.1, 0.15) is 0 Å². The monoisotopic (exact) mass is 226 g/mol. The van der Waals surface area contributed by atoms with E-state index in [0.29, 0.717) is 0 Å². The highest BCUT2D eigenvalue weighted by Gasteiger charge is 2.11. The fraction of sp³-hybridized carbons (Fsp3) is 0.250. The number of rotatable bonds is 0. The third-order valence-corrected chi connectivity index (χ3v) is 1.27. The maximum absolute atomic E-state index is 10.2. The van der Waals surface area contributed by atoms with E-state index in [4.69, 9.17) is 0 Å². The van der Waals surface area contributed by atoms with Crippen molar-refractivity contribution in [2.45, 2.75) is 4.11 Å². The number of carbonyl (C=O) groups excluding carboxylic acids is 1. The van der Waals surface area contributed by atoms with Gasteiger partial charge in [0.25, 0.3) is 0 Å². The number of carbonyl (C=O) groups is 1. The summed E-state index contributed by atoms with van der Waals surface area (Å²) in [5.41, 5.74) is 0. The standard InChI is InChI=1S/C4H3IO3/c5-3-1-2-7-4(6)8-3/h1-3H. The normalized spacial score (nSPS) is 26.6. The third kappa shape index (κ3) is 1.36. The molecule has 1 aliphatic heterocycles. The Hall–Kier alpha value is -0.260. The molecule has 0 saturated heterocycles. The molecule has 0 radical (unpaired) electrons. The van der Waals surface area contributed by atoms with Gasteiger partial charge in [0.2, 0.25) is 0 Å². The van der Waals surface area contributed by atoms with Gasteiger partial charge in [0.05, 0.1) is 6.26 Å². The van der Waals surface area contributed by atoms with E-state index in [1.165, 1.54) is 6.26 Å². The summed E-state index contributed by atoms with van der Waals surface area (Å²) in [6.45, 7) is 0. The lowest BCUT2D eigenvalue weighted by atomic mass is 10.6. The Kier molecular flexibility index (Phi) is 1.72. The minimum Gasteiger partial charge on any atom is -0.416 e. The van der Waals surface area contributed by atoms with E-state index in [2.05, 4.69) is 9.47 Å². The van der Waals surface area contributed by atoms with Crippen LogP contribution in [0, 0.1) is 0 Å². The lowest BCUT2D eigenvalue weighted by Crippen LogP contribution is -2.13. The molecule has 1 aliphatic rings. The van der Waals surface area contributed by atoms with Gasteiger partial charge in [-0.25, -0.2) is 4.79 Å². The van der Waals surface area contributed by atoms with Crippen LogP contribution in [-0.2, 0) is 9.47 Å². The van der Waals surface area contributed by atoms with Crippen LogP contribution in [-0.4, -0.2) is 10.3 Å². The molecule has 0 aromatic carbocycles. The van der Waals surface area contributed by atoms with Crippen molar-refractivity contribution in [3.05, 3.63) is 12.3 Å². The Morgan fingerprint density at radius 1 is 1.75 bits per heavy atom. The molecule has 0 amide bonds. The van der Waals surface area contributed by atoms with Crippen molar-refractivity contribution in [3.8, 4) is 0 Å². The van der Waals surface area contributed by atoms with E-state index < -0.39 is 6.16 Å². The zero-order valence-electron chi connectivity index (χ0n) is 3.83. The van der Waals surface area contributed by atoms with E-state index in [-0.39, 0.29) is 4.11 Å². The van der Waals surface area contributed by atoms with Crippen LogP contribution in [0.2, 0.25) is 0 Å². The Labute approximate surface area is 59.8 Å². The number of ether oxygens (including phenoxy) is 2. The van der Waals surface area contributed by atoms with Crippen molar-refractivity contribution in [1.82, 2.24) is 0 Å². The van der Waals surface area contributed by atoms with Gasteiger partial charge in [0, 0.05) is 6.08 Å². The van der Waals surface area contributed by atoms with Crippen molar-refractivity contribution in [3.63, 3.8) is 0 Å². The molecule has 1 rings (SSSR count). The SMILES string of the molecule is O=C1OC=CC(I)O1. The lowest BCUT2D eigenvalue weighted by Gasteiger charge is -2.09. The van der Waals surface area contributed by atoms with Crippen LogP contribution in [0.5, 0.6) is 0 Å². The Morgan fingerprint density at radius 2 is 2.50 bits per heavy atom. The molecule has 0 spiro atoms. The van der Waals surface area contributed by atoms with E-state index in [1.807, 2.05) is 22.6 Å². The van der Waals surface area contributed by atoms with Crippen LogP contribution in [0.4, 0.5) is 4.79 Å². The molecule has 0 saturated carbocycles. The molecule has 0 bridgehead atoms. The predicted molar refractivity (Wildman–Crippen MR) is 34.5 cm³/mol. The first-order valence-electron chi connectivity index (χ1n) is 1.97. The second kappa shape index (κ2) is 2.34. The minimum atomic E-state index is -0.632. The second-order valence-corrected chi connectivity index (χ2v) is 2.39. The first-order valence-corrected chi connectivity index (χ1v) is 3.21. The molecule has 1 atom stereocenters. The Balaban J connectivity index is 2.54. The average molecular weight is 226 g/mol. The summed E-state index contributed by atoms with van der Waals surface area (Å²) in [7, 11) is 0. The van der Waals surface area contributed by atoms with Gasteiger partial charge < -0.3 is 9.47 Å². The molecule has 0 aliphatic carbocycles. The summed E-state index contributed by atoms with van der Waals surface area (Å²) in [5, 5.41) is 0. The molecular formula is C4H3IO3. The zero-order valence-corrected chi connectivity index (χ0v) is 5.99. The molecular weight excluding hydrogens is 223 g/mol. The highest BCUT2D eigenvalue weighted by atomic mass is 127. The molecule has 8 heavy (non-hydrogen) atoms.